The zero-order chi connectivity index (χ0) is 15.4. The zero-order valence-electron chi connectivity index (χ0n) is 12.7. The Kier molecular flexibility index (Phi) is 4.72. The minimum atomic E-state index is -0.0744. The molecular formula is C14H21N5O2. The van der Waals surface area contributed by atoms with Crippen LogP contribution in [0.15, 0.2) is 12.4 Å². The van der Waals surface area contributed by atoms with Gasteiger partial charge in [0.05, 0.1) is 5.56 Å². The molecule has 2 heterocycles. The summed E-state index contributed by atoms with van der Waals surface area (Å²) in [6.07, 6.45) is 3.90. The van der Waals surface area contributed by atoms with E-state index in [0.29, 0.717) is 31.7 Å². The summed E-state index contributed by atoms with van der Waals surface area (Å²) in [5.41, 5.74) is 0.500. The molecular weight excluding hydrogens is 270 g/mol. The lowest BCUT2D eigenvalue weighted by atomic mass is 10.2. The van der Waals surface area contributed by atoms with Crippen LogP contribution in [0.1, 0.15) is 23.1 Å². The third-order valence-electron chi connectivity index (χ3n) is 3.49. The Balaban J connectivity index is 1.95. The third kappa shape index (κ3) is 3.48. The summed E-state index contributed by atoms with van der Waals surface area (Å²) >= 11 is 0. The van der Waals surface area contributed by atoms with Gasteiger partial charge in [-0.05, 0) is 0 Å². The molecule has 1 aromatic rings. The molecule has 1 aromatic heterocycles. The monoisotopic (exact) mass is 291 g/mol. The third-order valence-corrected chi connectivity index (χ3v) is 3.49. The number of nitrogens with zero attached hydrogens (tertiary/aromatic N) is 5. The molecule has 1 aliphatic rings. The summed E-state index contributed by atoms with van der Waals surface area (Å²) in [6.45, 7) is 4.15. The summed E-state index contributed by atoms with van der Waals surface area (Å²) in [4.78, 5) is 37.5. The molecule has 0 spiro atoms. The van der Waals surface area contributed by atoms with E-state index in [1.165, 1.54) is 0 Å². The molecule has 0 radical (unpaired) electrons. The van der Waals surface area contributed by atoms with E-state index in [4.69, 9.17) is 0 Å². The molecule has 1 fully saturated rings. The van der Waals surface area contributed by atoms with Crippen molar-refractivity contribution < 1.29 is 9.59 Å². The highest BCUT2D eigenvalue weighted by Crippen LogP contribution is 2.09. The van der Waals surface area contributed by atoms with Crippen LogP contribution in [-0.2, 0) is 6.42 Å². The van der Waals surface area contributed by atoms with Crippen LogP contribution >= 0.6 is 0 Å². The Morgan fingerprint density at radius 2 is 1.62 bits per heavy atom. The molecule has 3 amide bonds. The van der Waals surface area contributed by atoms with Gasteiger partial charge in [0.15, 0.2) is 0 Å². The Morgan fingerprint density at radius 3 is 2.10 bits per heavy atom. The molecule has 0 N–H and O–H groups in total. The van der Waals surface area contributed by atoms with Gasteiger partial charge in [0.2, 0.25) is 0 Å². The van der Waals surface area contributed by atoms with Crippen molar-refractivity contribution in [2.75, 3.05) is 40.3 Å². The number of urea groups is 1. The molecule has 0 unspecified atom stereocenters. The van der Waals surface area contributed by atoms with Gasteiger partial charge in [-0.2, -0.15) is 0 Å². The normalized spacial score (nSPS) is 15.0. The van der Waals surface area contributed by atoms with Crippen LogP contribution < -0.4 is 0 Å². The predicted octanol–water partition coefficient (Wildman–Crippen LogP) is 0.478. The number of aromatic nitrogens is 2. The second-order valence-corrected chi connectivity index (χ2v) is 5.20. The van der Waals surface area contributed by atoms with Crippen molar-refractivity contribution in [2.24, 2.45) is 0 Å². The molecule has 0 aliphatic carbocycles. The van der Waals surface area contributed by atoms with Crippen molar-refractivity contribution in [3.05, 3.63) is 23.8 Å². The van der Waals surface area contributed by atoms with E-state index in [0.717, 1.165) is 12.2 Å². The van der Waals surface area contributed by atoms with Gasteiger partial charge in [0.25, 0.3) is 5.91 Å². The molecule has 1 aliphatic heterocycles. The van der Waals surface area contributed by atoms with Crippen molar-refractivity contribution in [2.45, 2.75) is 13.3 Å². The highest BCUT2D eigenvalue weighted by atomic mass is 16.2. The lowest BCUT2D eigenvalue weighted by Gasteiger charge is -2.35. The minimum absolute atomic E-state index is 0.0160. The van der Waals surface area contributed by atoms with Crippen LogP contribution in [0.2, 0.25) is 0 Å². The van der Waals surface area contributed by atoms with Crippen LogP contribution in [0.5, 0.6) is 0 Å². The van der Waals surface area contributed by atoms with Crippen molar-refractivity contribution in [1.29, 1.82) is 0 Å². The van der Waals surface area contributed by atoms with Crippen molar-refractivity contribution >= 4 is 11.9 Å². The van der Waals surface area contributed by atoms with Crippen LogP contribution in [0, 0.1) is 0 Å². The van der Waals surface area contributed by atoms with Crippen molar-refractivity contribution in [1.82, 2.24) is 24.7 Å². The molecule has 7 nitrogen and oxygen atoms in total. The number of amides is 3. The van der Waals surface area contributed by atoms with Crippen LogP contribution in [0.4, 0.5) is 4.79 Å². The number of carbonyl (C=O) groups excluding carboxylic acids is 2. The van der Waals surface area contributed by atoms with E-state index in [1.807, 2.05) is 6.92 Å². The lowest BCUT2D eigenvalue weighted by molar-refractivity contribution is 0.0649. The number of aryl methyl sites for hydroxylation is 1. The summed E-state index contributed by atoms with van der Waals surface area (Å²) in [6, 6.07) is -0.0160. The Labute approximate surface area is 124 Å². The van der Waals surface area contributed by atoms with Gasteiger partial charge >= 0.3 is 6.03 Å². The first-order valence-corrected chi connectivity index (χ1v) is 7.09. The van der Waals surface area contributed by atoms with Crippen LogP contribution in [0.3, 0.4) is 0 Å². The van der Waals surface area contributed by atoms with Crippen LogP contribution in [0.25, 0.3) is 0 Å². The number of carbonyl (C=O) groups is 2. The largest absolute Gasteiger partial charge is 0.335 e. The first-order valence-electron chi connectivity index (χ1n) is 7.09. The second kappa shape index (κ2) is 6.51. The van der Waals surface area contributed by atoms with E-state index in [2.05, 4.69) is 9.97 Å². The summed E-state index contributed by atoms with van der Waals surface area (Å²) in [7, 11) is 3.46. The van der Waals surface area contributed by atoms with Gasteiger partial charge in [-0.25, -0.2) is 14.8 Å². The second-order valence-electron chi connectivity index (χ2n) is 5.20. The summed E-state index contributed by atoms with van der Waals surface area (Å²) in [5.74, 6) is 0.655. The molecule has 7 heteroatoms. The Bertz CT molecular complexity index is 507. The Morgan fingerprint density at radius 1 is 1.10 bits per heavy atom. The SMILES string of the molecule is CCc1ncc(C(=O)N2CCN(C(=O)N(C)C)CC2)cn1. The molecule has 21 heavy (non-hydrogen) atoms. The molecule has 0 bridgehead atoms. The van der Waals surface area contributed by atoms with Crippen molar-refractivity contribution in [3.8, 4) is 0 Å². The quantitative estimate of drug-likeness (QED) is 0.794. The first kappa shape index (κ1) is 15.2. The zero-order valence-corrected chi connectivity index (χ0v) is 12.7. The molecule has 0 atom stereocenters. The number of rotatable bonds is 2. The van der Waals surface area contributed by atoms with Gasteiger partial charge in [0.1, 0.15) is 5.82 Å². The van der Waals surface area contributed by atoms with E-state index in [1.54, 1.807) is 41.2 Å². The van der Waals surface area contributed by atoms with Gasteiger partial charge in [0, 0.05) is 59.1 Å². The highest BCUT2D eigenvalue weighted by molar-refractivity contribution is 5.93. The van der Waals surface area contributed by atoms with Gasteiger partial charge in [-0.15, -0.1) is 0 Å². The maximum Gasteiger partial charge on any atom is 0.319 e. The van der Waals surface area contributed by atoms with Gasteiger partial charge in [-0.1, -0.05) is 6.92 Å². The van der Waals surface area contributed by atoms with Crippen LogP contribution in [-0.4, -0.2) is 76.9 Å². The summed E-state index contributed by atoms with van der Waals surface area (Å²) < 4.78 is 0. The average Bonchev–Trinajstić information content (AvgIpc) is 2.53. The smallest absolute Gasteiger partial charge is 0.319 e. The maximum absolute atomic E-state index is 12.3. The maximum atomic E-state index is 12.3. The molecule has 0 saturated carbocycles. The van der Waals surface area contributed by atoms with E-state index in [9.17, 15) is 9.59 Å². The molecule has 2 rings (SSSR count). The lowest BCUT2D eigenvalue weighted by Crippen LogP contribution is -2.52. The summed E-state index contributed by atoms with van der Waals surface area (Å²) in [5, 5.41) is 0. The fraction of sp³-hybridized carbons (Fsp3) is 0.571. The number of hydrogen-bond donors (Lipinski definition) is 0. The molecule has 1 saturated heterocycles. The van der Waals surface area contributed by atoms with Gasteiger partial charge in [-0.3, -0.25) is 4.79 Å². The van der Waals surface area contributed by atoms with E-state index >= 15 is 0 Å². The fourth-order valence-electron chi connectivity index (χ4n) is 2.21. The van der Waals surface area contributed by atoms with E-state index in [-0.39, 0.29) is 11.9 Å². The fourth-order valence-corrected chi connectivity index (χ4v) is 2.21. The number of hydrogen-bond acceptors (Lipinski definition) is 4. The predicted molar refractivity (Wildman–Crippen MR) is 78.0 cm³/mol. The highest BCUT2D eigenvalue weighted by Gasteiger charge is 2.25. The molecule has 0 aromatic carbocycles. The van der Waals surface area contributed by atoms with E-state index < -0.39 is 0 Å². The first-order chi connectivity index (χ1) is 10.0. The van der Waals surface area contributed by atoms with Crippen molar-refractivity contribution in [3.63, 3.8) is 0 Å². The Hall–Kier alpha value is -2.18. The average molecular weight is 291 g/mol. The minimum Gasteiger partial charge on any atom is -0.335 e. The topological polar surface area (TPSA) is 69.6 Å². The molecule has 114 valence electrons. The number of piperazine rings is 1. The standard InChI is InChI=1S/C14H21N5O2/c1-4-12-15-9-11(10-16-12)13(20)18-5-7-19(8-6-18)14(21)17(2)3/h9-10H,4-8H2,1-3H3. The van der Waals surface area contributed by atoms with Gasteiger partial charge < -0.3 is 14.7 Å².